The van der Waals surface area contributed by atoms with E-state index in [1.54, 1.807) is 6.20 Å². The number of rotatable bonds is 14. The van der Waals surface area contributed by atoms with Crippen molar-refractivity contribution in [2.45, 2.75) is 57.7 Å². The van der Waals surface area contributed by atoms with Gasteiger partial charge in [-0.25, -0.2) is 4.79 Å². The molecule has 36 heavy (non-hydrogen) atoms. The van der Waals surface area contributed by atoms with Crippen molar-refractivity contribution in [3.05, 3.63) is 36.0 Å². The van der Waals surface area contributed by atoms with Gasteiger partial charge in [-0.2, -0.15) is 0 Å². The smallest absolute Gasteiger partial charge is 0.326 e. The standard InChI is InChI=1S/C24H33N5O7/c1-13(2)9-19(23(34)29-18(24(35)36)7-8-21(31)32)28-20(30)12-27-22(33)16(25)10-14-11-26-17-6-4-3-5-15(14)17/h3-6,11,13,16,18-19,26H,7-10,12,25H2,1-2H3,(H,27,33)(H,28,30)(H,29,34)(H,31,32)(H,35,36). The Morgan fingerprint density at radius 1 is 1.00 bits per heavy atom. The first-order valence-electron chi connectivity index (χ1n) is 11.6. The fourth-order valence-corrected chi connectivity index (χ4v) is 3.67. The zero-order valence-electron chi connectivity index (χ0n) is 20.2. The maximum atomic E-state index is 12.7. The maximum Gasteiger partial charge on any atom is 0.326 e. The van der Waals surface area contributed by atoms with Crippen LogP contribution in [0.5, 0.6) is 0 Å². The Labute approximate surface area is 208 Å². The largest absolute Gasteiger partial charge is 0.481 e. The molecule has 3 amide bonds. The highest BCUT2D eigenvalue weighted by Gasteiger charge is 2.28. The molecular weight excluding hydrogens is 470 g/mol. The van der Waals surface area contributed by atoms with E-state index in [1.165, 1.54) is 0 Å². The van der Waals surface area contributed by atoms with E-state index in [0.717, 1.165) is 16.5 Å². The van der Waals surface area contributed by atoms with Crippen molar-refractivity contribution in [1.29, 1.82) is 0 Å². The van der Waals surface area contributed by atoms with Crippen LogP contribution in [0.2, 0.25) is 0 Å². The molecule has 0 aliphatic rings. The van der Waals surface area contributed by atoms with Gasteiger partial charge in [-0.3, -0.25) is 19.2 Å². The summed E-state index contributed by atoms with van der Waals surface area (Å²) in [7, 11) is 0. The zero-order valence-corrected chi connectivity index (χ0v) is 20.2. The molecule has 0 saturated heterocycles. The van der Waals surface area contributed by atoms with Crippen LogP contribution in [0.25, 0.3) is 10.9 Å². The predicted octanol–water partition coefficient (Wildman–Crippen LogP) is 0.119. The average Bonchev–Trinajstić information content (AvgIpc) is 3.21. The Balaban J connectivity index is 1.91. The molecule has 3 unspecified atom stereocenters. The first kappa shape index (κ1) is 28.3. The molecule has 0 aliphatic carbocycles. The first-order chi connectivity index (χ1) is 17.0. The van der Waals surface area contributed by atoms with Crippen LogP contribution < -0.4 is 21.7 Å². The molecule has 196 valence electrons. The van der Waals surface area contributed by atoms with Crippen LogP contribution in [-0.2, 0) is 30.4 Å². The molecule has 1 heterocycles. The highest BCUT2D eigenvalue weighted by Crippen LogP contribution is 2.18. The van der Waals surface area contributed by atoms with E-state index in [-0.39, 0.29) is 25.2 Å². The van der Waals surface area contributed by atoms with Crippen molar-refractivity contribution in [2.24, 2.45) is 11.7 Å². The van der Waals surface area contributed by atoms with E-state index >= 15 is 0 Å². The molecule has 0 saturated carbocycles. The molecule has 12 heteroatoms. The van der Waals surface area contributed by atoms with Gasteiger partial charge in [0.15, 0.2) is 0 Å². The lowest BCUT2D eigenvalue weighted by Gasteiger charge is -2.23. The first-order valence-corrected chi connectivity index (χ1v) is 11.6. The van der Waals surface area contributed by atoms with Gasteiger partial charge in [0, 0.05) is 23.5 Å². The number of aromatic nitrogens is 1. The summed E-state index contributed by atoms with van der Waals surface area (Å²) in [6.45, 7) is 3.21. The topological polar surface area (TPSA) is 204 Å². The van der Waals surface area contributed by atoms with Crippen molar-refractivity contribution in [3.63, 3.8) is 0 Å². The zero-order chi connectivity index (χ0) is 26.8. The van der Waals surface area contributed by atoms with Crippen LogP contribution in [0.4, 0.5) is 0 Å². The van der Waals surface area contributed by atoms with Gasteiger partial charge in [-0.15, -0.1) is 0 Å². The molecular formula is C24H33N5O7. The number of H-pyrrole nitrogens is 1. The molecule has 0 aliphatic heterocycles. The van der Waals surface area contributed by atoms with Gasteiger partial charge in [0.25, 0.3) is 0 Å². The quantitative estimate of drug-likeness (QED) is 0.188. The number of para-hydroxylation sites is 1. The summed E-state index contributed by atoms with van der Waals surface area (Å²) in [6.07, 6.45) is 1.49. The molecule has 0 fully saturated rings. The summed E-state index contributed by atoms with van der Waals surface area (Å²) in [5.74, 6) is -4.54. The van der Waals surface area contributed by atoms with Crippen LogP contribution in [-0.4, -0.2) is 69.5 Å². The third-order valence-corrected chi connectivity index (χ3v) is 5.49. The number of carboxylic acid groups (broad SMARTS) is 2. The van der Waals surface area contributed by atoms with Crippen molar-refractivity contribution >= 4 is 40.6 Å². The monoisotopic (exact) mass is 503 g/mol. The van der Waals surface area contributed by atoms with E-state index in [0.29, 0.717) is 0 Å². The van der Waals surface area contributed by atoms with Crippen molar-refractivity contribution < 1.29 is 34.2 Å². The van der Waals surface area contributed by atoms with Crippen LogP contribution in [0.3, 0.4) is 0 Å². The lowest BCUT2D eigenvalue weighted by Crippen LogP contribution is -2.54. The summed E-state index contributed by atoms with van der Waals surface area (Å²) in [5.41, 5.74) is 7.80. The Bertz CT molecular complexity index is 1100. The molecule has 8 N–H and O–H groups in total. The fraction of sp³-hybridized carbons (Fsp3) is 0.458. The molecule has 2 rings (SSSR count). The van der Waals surface area contributed by atoms with Crippen molar-refractivity contribution in [3.8, 4) is 0 Å². The van der Waals surface area contributed by atoms with Gasteiger partial charge < -0.3 is 36.9 Å². The van der Waals surface area contributed by atoms with Gasteiger partial charge in [0.05, 0.1) is 12.6 Å². The lowest BCUT2D eigenvalue weighted by molar-refractivity contribution is -0.143. The normalized spacial score (nSPS) is 13.6. The van der Waals surface area contributed by atoms with Crippen LogP contribution >= 0.6 is 0 Å². The van der Waals surface area contributed by atoms with Crippen LogP contribution in [0.15, 0.2) is 30.5 Å². The molecule has 1 aromatic carbocycles. The molecule has 0 radical (unpaired) electrons. The van der Waals surface area contributed by atoms with Gasteiger partial charge in [0.1, 0.15) is 12.1 Å². The Morgan fingerprint density at radius 3 is 2.33 bits per heavy atom. The van der Waals surface area contributed by atoms with Gasteiger partial charge in [0.2, 0.25) is 17.7 Å². The summed E-state index contributed by atoms with van der Waals surface area (Å²) in [5, 5.41) is 26.2. The second-order valence-electron chi connectivity index (χ2n) is 8.97. The lowest BCUT2D eigenvalue weighted by atomic mass is 10.0. The number of carbonyl (C=O) groups excluding carboxylic acids is 3. The van der Waals surface area contributed by atoms with Gasteiger partial charge >= 0.3 is 11.9 Å². The maximum absolute atomic E-state index is 12.7. The Hall–Kier alpha value is -3.93. The molecule has 0 bridgehead atoms. The minimum absolute atomic E-state index is 0.0254. The Kier molecular flexibility index (Phi) is 10.4. The molecule has 0 spiro atoms. The number of nitrogens with one attached hydrogen (secondary N) is 4. The number of carboxylic acids is 2. The Morgan fingerprint density at radius 2 is 1.69 bits per heavy atom. The van der Waals surface area contributed by atoms with E-state index in [2.05, 4.69) is 20.9 Å². The molecule has 12 nitrogen and oxygen atoms in total. The number of hydrogen-bond acceptors (Lipinski definition) is 6. The highest BCUT2D eigenvalue weighted by atomic mass is 16.4. The van der Waals surface area contributed by atoms with E-state index in [9.17, 15) is 29.1 Å². The van der Waals surface area contributed by atoms with Crippen LogP contribution in [0, 0.1) is 5.92 Å². The third-order valence-electron chi connectivity index (χ3n) is 5.49. The summed E-state index contributed by atoms with van der Waals surface area (Å²) < 4.78 is 0. The average molecular weight is 504 g/mol. The number of carbonyl (C=O) groups is 5. The number of fused-ring (bicyclic) bond motifs is 1. The number of amides is 3. The molecule has 3 atom stereocenters. The number of benzene rings is 1. The fourth-order valence-electron chi connectivity index (χ4n) is 3.67. The minimum Gasteiger partial charge on any atom is -0.481 e. The van der Waals surface area contributed by atoms with Gasteiger partial charge in [-0.1, -0.05) is 32.0 Å². The number of aromatic amines is 1. The molecule has 2 aromatic rings. The van der Waals surface area contributed by atoms with Crippen molar-refractivity contribution in [1.82, 2.24) is 20.9 Å². The van der Waals surface area contributed by atoms with Crippen molar-refractivity contribution in [2.75, 3.05) is 6.54 Å². The summed E-state index contributed by atoms with van der Waals surface area (Å²) >= 11 is 0. The van der Waals surface area contributed by atoms with Gasteiger partial charge in [-0.05, 0) is 36.8 Å². The number of hydrogen-bond donors (Lipinski definition) is 7. The second kappa shape index (κ2) is 13.2. The van der Waals surface area contributed by atoms with E-state index in [4.69, 9.17) is 10.8 Å². The van der Waals surface area contributed by atoms with Crippen LogP contribution in [0.1, 0.15) is 38.7 Å². The second-order valence-corrected chi connectivity index (χ2v) is 8.97. The molecule has 1 aromatic heterocycles. The predicted molar refractivity (Wildman–Crippen MR) is 131 cm³/mol. The summed E-state index contributed by atoms with van der Waals surface area (Å²) in [4.78, 5) is 62.8. The summed E-state index contributed by atoms with van der Waals surface area (Å²) in [6, 6.07) is 4.20. The van der Waals surface area contributed by atoms with E-state index < -0.39 is 60.8 Å². The van der Waals surface area contributed by atoms with E-state index in [1.807, 2.05) is 38.1 Å². The third kappa shape index (κ3) is 8.69. The number of aliphatic carboxylic acids is 2. The minimum atomic E-state index is -1.41. The SMILES string of the molecule is CC(C)CC(NC(=O)CNC(=O)C(N)Cc1c[nH]c2ccccc12)C(=O)NC(CCC(=O)O)C(=O)O. The highest BCUT2D eigenvalue weighted by molar-refractivity contribution is 5.93. The number of nitrogens with two attached hydrogens (primary N) is 1.